The highest BCUT2D eigenvalue weighted by Crippen LogP contribution is 2.32. The topological polar surface area (TPSA) is 12.9 Å². The maximum Gasteiger partial charge on any atom is 0.137 e. The second-order valence-electron chi connectivity index (χ2n) is 4.66. The highest BCUT2D eigenvalue weighted by molar-refractivity contribution is 6.36. The smallest absolute Gasteiger partial charge is 0.137 e. The highest BCUT2D eigenvalue weighted by Gasteiger charge is 2.07. The molecule has 0 spiro atoms. The van der Waals surface area contributed by atoms with Crippen LogP contribution in [0.5, 0.6) is 0 Å². The number of benzene rings is 3. The van der Waals surface area contributed by atoms with Gasteiger partial charge in [-0.1, -0.05) is 54.1 Å². The molecular weight excluding hydrogens is 254 g/mol. The van der Waals surface area contributed by atoms with Gasteiger partial charge >= 0.3 is 0 Å². The summed E-state index contributed by atoms with van der Waals surface area (Å²) >= 11 is 6.33. The lowest BCUT2D eigenvalue weighted by Crippen LogP contribution is -1.85. The molecule has 0 aliphatic rings. The van der Waals surface area contributed by atoms with Crippen molar-refractivity contribution in [2.24, 2.45) is 0 Å². The van der Waals surface area contributed by atoms with E-state index in [4.69, 9.17) is 11.6 Å². The standard InChI is InChI=1S/C17H10ClN/c18-17-15-10-12-6-2-1-5-11(12)9-14(15)13-7-3-4-8-16(13)19-17/h1-10H. The second-order valence-corrected chi connectivity index (χ2v) is 5.02. The van der Waals surface area contributed by atoms with E-state index in [1.54, 1.807) is 0 Å². The van der Waals surface area contributed by atoms with Crippen molar-refractivity contribution in [3.05, 3.63) is 65.8 Å². The van der Waals surface area contributed by atoms with E-state index < -0.39 is 0 Å². The van der Waals surface area contributed by atoms with Gasteiger partial charge in [-0.25, -0.2) is 4.98 Å². The number of para-hydroxylation sites is 1. The van der Waals surface area contributed by atoms with E-state index in [0.29, 0.717) is 5.15 Å². The third-order valence-corrected chi connectivity index (χ3v) is 3.81. The summed E-state index contributed by atoms with van der Waals surface area (Å²) in [7, 11) is 0. The molecule has 0 aliphatic carbocycles. The summed E-state index contributed by atoms with van der Waals surface area (Å²) in [6.07, 6.45) is 0. The average Bonchev–Trinajstić information content (AvgIpc) is 2.46. The van der Waals surface area contributed by atoms with Gasteiger partial charge in [0.05, 0.1) is 5.52 Å². The van der Waals surface area contributed by atoms with Gasteiger partial charge in [-0.3, -0.25) is 0 Å². The van der Waals surface area contributed by atoms with Crippen LogP contribution >= 0.6 is 11.6 Å². The predicted molar refractivity (Wildman–Crippen MR) is 81.8 cm³/mol. The molecule has 0 fully saturated rings. The first-order valence-corrected chi connectivity index (χ1v) is 6.57. The molecule has 0 amide bonds. The normalized spacial score (nSPS) is 11.4. The Bertz CT molecular complexity index is 928. The zero-order chi connectivity index (χ0) is 12.8. The average molecular weight is 264 g/mol. The molecule has 0 atom stereocenters. The Morgan fingerprint density at radius 1 is 0.684 bits per heavy atom. The van der Waals surface area contributed by atoms with Crippen molar-refractivity contribution in [1.29, 1.82) is 0 Å². The summed E-state index contributed by atoms with van der Waals surface area (Å²) in [5, 5.41) is 6.30. The molecule has 4 rings (SSSR count). The van der Waals surface area contributed by atoms with E-state index in [9.17, 15) is 0 Å². The van der Waals surface area contributed by atoms with Crippen LogP contribution in [0.3, 0.4) is 0 Å². The van der Waals surface area contributed by atoms with Gasteiger partial charge in [0.25, 0.3) is 0 Å². The van der Waals surface area contributed by atoms with E-state index in [1.807, 2.05) is 24.3 Å². The van der Waals surface area contributed by atoms with Crippen LogP contribution in [-0.2, 0) is 0 Å². The van der Waals surface area contributed by atoms with E-state index in [-0.39, 0.29) is 0 Å². The number of hydrogen-bond donors (Lipinski definition) is 0. The summed E-state index contributed by atoms with van der Waals surface area (Å²) < 4.78 is 0. The lowest BCUT2D eigenvalue weighted by molar-refractivity contribution is 1.45. The molecule has 90 valence electrons. The maximum atomic E-state index is 6.33. The van der Waals surface area contributed by atoms with Crippen LogP contribution in [0.4, 0.5) is 0 Å². The number of rotatable bonds is 0. The zero-order valence-electron chi connectivity index (χ0n) is 10.1. The minimum atomic E-state index is 0.569. The lowest BCUT2D eigenvalue weighted by Gasteiger charge is -2.07. The van der Waals surface area contributed by atoms with Gasteiger partial charge in [0.15, 0.2) is 0 Å². The van der Waals surface area contributed by atoms with Crippen LogP contribution in [0.1, 0.15) is 0 Å². The molecule has 3 aromatic carbocycles. The number of pyridine rings is 1. The zero-order valence-corrected chi connectivity index (χ0v) is 10.9. The van der Waals surface area contributed by atoms with E-state index in [1.165, 1.54) is 10.8 Å². The minimum Gasteiger partial charge on any atom is -0.235 e. The van der Waals surface area contributed by atoms with Gasteiger partial charge in [0, 0.05) is 10.8 Å². The summed E-state index contributed by atoms with van der Waals surface area (Å²) in [5.41, 5.74) is 0.940. The Balaban J connectivity index is 2.30. The third-order valence-electron chi connectivity index (χ3n) is 3.52. The number of hydrogen-bond acceptors (Lipinski definition) is 1. The van der Waals surface area contributed by atoms with Gasteiger partial charge in [0.2, 0.25) is 0 Å². The first kappa shape index (κ1) is 10.8. The number of fused-ring (bicyclic) bond motifs is 4. The molecular formula is C17H10ClN. The van der Waals surface area contributed by atoms with Crippen molar-refractivity contribution < 1.29 is 0 Å². The molecule has 0 radical (unpaired) electrons. The first-order chi connectivity index (χ1) is 9.33. The van der Waals surface area contributed by atoms with Crippen molar-refractivity contribution in [1.82, 2.24) is 4.98 Å². The fourth-order valence-corrected chi connectivity index (χ4v) is 2.85. The van der Waals surface area contributed by atoms with Gasteiger partial charge in [-0.05, 0) is 34.4 Å². The van der Waals surface area contributed by atoms with E-state index in [2.05, 4.69) is 41.4 Å². The van der Waals surface area contributed by atoms with Crippen LogP contribution in [-0.4, -0.2) is 4.98 Å². The molecule has 0 aliphatic heterocycles. The molecule has 1 aromatic heterocycles. The SMILES string of the molecule is Clc1nc2ccccc2c2cc3ccccc3cc12. The van der Waals surface area contributed by atoms with Crippen molar-refractivity contribution in [3.8, 4) is 0 Å². The third kappa shape index (κ3) is 1.59. The lowest BCUT2D eigenvalue weighted by atomic mass is 10.0. The molecule has 0 bridgehead atoms. The van der Waals surface area contributed by atoms with Gasteiger partial charge < -0.3 is 0 Å². The van der Waals surface area contributed by atoms with Crippen molar-refractivity contribution in [2.75, 3.05) is 0 Å². The second kappa shape index (κ2) is 3.94. The Kier molecular flexibility index (Phi) is 2.23. The van der Waals surface area contributed by atoms with E-state index in [0.717, 1.165) is 21.7 Å². The fourth-order valence-electron chi connectivity index (χ4n) is 2.60. The summed E-state index contributed by atoms with van der Waals surface area (Å²) in [5.74, 6) is 0. The van der Waals surface area contributed by atoms with Crippen molar-refractivity contribution >= 4 is 44.0 Å². The summed E-state index contributed by atoms with van der Waals surface area (Å²) in [6, 6.07) is 20.7. The summed E-state index contributed by atoms with van der Waals surface area (Å²) in [6.45, 7) is 0. The van der Waals surface area contributed by atoms with Gasteiger partial charge in [-0.15, -0.1) is 0 Å². The molecule has 0 saturated carbocycles. The number of aromatic nitrogens is 1. The Labute approximate surface area is 115 Å². The monoisotopic (exact) mass is 263 g/mol. The first-order valence-electron chi connectivity index (χ1n) is 6.20. The molecule has 0 N–H and O–H groups in total. The Hall–Kier alpha value is -2.12. The van der Waals surface area contributed by atoms with Crippen molar-refractivity contribution in [3.63, 3.8) is 0 Å². The van der Waals surface area contributed by atoms with Gasteiger partial charge in [-0.2, -0.15) is 0 Å². The molecule has 0 saturated heterocycles. The van der Waals surface area contributed by atoms with Crippen molar-refractivity contribution in [2.45, 2.75) is 0 Å². The maximum absolute atomic E-state index is 6.33. The Morgan fingerprint density at radius 3 is 2.11 bits per heavy atom. The number of halogens is 1. The number of nitrogens with zero attached hydrogens (tertiary/aromatic N) is 1. The van der Waals surface area contributed by atoms with Crippen LogP contribution in [0.25, 0.3) is 32.4 Å². The molecule has 1 heterocycles. The van der Waals surface area contributed by atoms with Crippen LogP contribution < -0.4 is 0 Å². The van der Waals surface area contributed by atoms with E-state index >= 15 is 0 Å². The molecule has 4 aromatic rings. The molecule has 2 heteroatoms. The predicted octanol–water partition coefficient (Wildman–Crippen LogP) is 5.19. The molecule has 0 unspecified atom stereocenters. The molecule has 1 nitrogen and oxygen atoms in total. The summed E-state index contributed by atoms with van der Waals surface area (Å²) in [4.78, 5) is 4.48. The Morgan fingerprint density at radius 2 is 1.32 bits per heavy atom. The quantitative estimate of drug-likeness (QED) is 0.242. The largest absolute Gasteiger partial charge is 0.235 e. The molecule has 19 heavy (non-hydrogen) atoms. The van der Waals surface area contributed by atoms with Crippen LogP contribution in [0.2, 0.25) is 5.15 Å². The van der Waals surface area contributed by atoms with Crippen LogP contribution in [0.15, 0.2) is 60.7 Å². The minimum absolute atomic E-state index is 0.569. The van der Waals surface area contributed by atoms with Crippen LogP contribution in [0, 0.1) is 0 Å². The highest BCUT2D eigenvalue weighted by atomic mass is 35.5. The van der Waals surface area contributed by atoms with Gasteiger partial charge in [0.1, 0.15) is 5.15 Å². The fraction of sp³-hybridized carbons (Fsp3) is 0.